The second-order valence-corrected chi connectivity index (χ2v) is 5.78. The van der Waals surface area contributed by atoms with E-state index in [1.54, 1.807) is 0 Å². The van der Waals surface area contributed by atoms with Gasteiger partial charge < -0.3 is 5.73 Å². The molecule has 0 aliphatic heterocycles. The van der Waals surface area contributed by atoms with Crippen LogP contribution in [0.1, 0.15) is 5.56 Å². The molecule has 2 N–H and O–H groups in total. The molecule has 0 aliphatic rings. The van der Waals surface area contributed by atoms with Crippen LogP contribution in [0.5, 0.6) is 0 Å². The van der Waals surface area contributed by atoms with Gasteiger partial charge in [0.1, 0.15) is 22.3 Å². The van der Waals surface area contributed by atoms with Gasteiger partial charge in [0.2, 0.25) is 0 Å². The quantitative estimate of drug-likeness (QED) is 0.878. The lowest BCUT2D eigenvalue weighted by molar-refractivity contribution is 0.535. The molecule has 2 aromatic rings. The maximum absolute atomic E-state index is 13.6. The lowest BCUT2D eigenvalue weighted by Gasteiger charge is -2.08. The predicted octanol–water partition coefficient (Wildman–Crippen LogP) is 3.65. The lowest BCUT2D eigenvalue weighted by atomic mass is 10.2. The van der Waals surface area contributed by atoms with Gasteiger partial charge in [0.15, 0.2) is 0 Å². The molecule has 0 fully saturated rings. The molecule has 2 rings (SSSR count). The first-order valence-corrected chi connectivity index (χ1v) is 7.15. The first kappa shape index (κ1) is 14.9. The molecule has 7 heteroatoms. The number of anilines is 1. The SMILES string of the molecule is Nc1cc(F)c(S(=O)Cc2cccc(F)c2Cl)c(F)c1. The molecule has 0 spiro atoms. The highest BCUT2D eigenvalue weighted by Crippen LogP contribution is 2.26. The molecule has 20 heavy (non-hydrogen) atoms. The normalized spacial score (nSPS) is 12.4. The van der Waals surface area contributed by atoms with E-state index >= 15 is 0 Å². The monoisotopic (exact) mass is 319 g/mol. The topological polar surface area (TPSA) is 43.1 Å². The molecule has 2 aromatic carbocycles. The van der Waals surface area contributed by atoms with Crippen LogP contribution < -0.4 is 5.73 Å². The van der Waals surface area contributed by atoms with Crippen LogP contribution in [0, 0.1) is 17.5 Å². The summed E-state index contributed by atoms with van der Waals surface area (Å²) in [5, 5.41) is -0.211. The minimum atomic E-state index is -2.04. The van der Waals surface area contributed by atoms with Crippen molar-refractivity contribution in [1.29, 1.82) is 0 Å². The zero-order valence-electron chi connectivity index (χ0n) is 10.00. The van der Waals surface area contributed by atoms with Gasteiger partial charge in [0.25, 0.3) is 0 Å². The molecule has 1 unspecified atom stereocenters. The van der Waals surface area contributed by atoms with E-state index in [0.717, 1.165) is 18.2 Å². The number of hydrogen-bond donors (Lipinski definition) is 1. The van der Waals surface area contributed by atoms with E-state index in [0.29, 0.717) is 0 Å². The van der Waals surface area contributed by atoms with Crippen molar-refractivity contribution >= 4 is 28.1 Å². The summed E-state index contributed by atoms with van der Waals surface area (Å²) in [5.74, 6) is -2.99. The van der Waals surface area contributed by atoms with Gasteiger partial charge in [-0.25, -0.2) is 13.2 Å². The standard InChI is InChI=1S/C13H9ClF3NOS/c14-12-7(2-1-3-9(12)15)6-20(19)13-10(16)4-8(18)5-11(13)17/h1-5H,6,18H2. The Hall–Kier alpha value is -1.53. The van der Waals surface area contributed by atoms with E-state index in [1.807, 2.05) is 0 Å². The molecule has 0 saturated carbocycles. The van der Waals surface area contributed by atoms with Gasteiger partial charge in [-0.05, 0) is 23.8 Å². The Labute approximate surface area is 120 Å². The van der Waals surface area contributed by atoms with Crippen LogP contribution in [0.15, 0.2) is 35.2 Å². The Morgan fingerprint density at radius 3 is 2.30 bits per heavy atom. The fourth-order valence-electron chi connectivity index (χ4n) is 1.67. The minimum Gasteiger partial charge on any atom is -0.399 e. The van der Waals surface area contributed by atoms with Crippen molar-refractivity contribution < 1.29 is 17.4 Å². The molecular weight excluding hydrogens is 311 g/mol. The van der Waals surface area contributed by atoms with Crippen molar-refractivity contribution in [2.45, 2.75) is 10.6 Å². The van der Waals surface area contributed by atoms with Crippen LogP contribution in [0.4, 0.5) is 18.9 Å². The van der Waals surface area contributed by atoms with E-state index in [1.165, 1.54) is 12.1 Å². The van der Waals surface area contributed by atoms with Gasteiger partial charge in [0, 0.05) is 5.69 Å². The van der Waals surface area contributed by atoms with E-state index in [2.05, 4.69) is 0 Å². The lowest BCUT2D eigenvalue weighted by Crippen LogP contribution is -2.05. The average molecular weight is 320 g/mol. The van der Waals surface area contributed by atoms with Crippen LogP contribution in [0.3, 0.4) is 0 Å². The molecule has 1 atom stereocenters. The average Bonchev–Trinajstić information content (AvgIpc) is 2.33. The predicted molar refractivity (Wildman–Crippen MR) is 72.3 cm³/mol. The Balaban J connectivity index is 2.36. The van der Waals surface area contributed by atoms with Crippen LogP contribution >= 0.6 is 11.6 Å². The minimum absolute atomic E-state index is 0.107. The van der Waals surface area contributed by atoms with E-state index in [4.69, 9.17) is 17.3 Å². The largest absolute Gasteiger partial charge is 0.399 e. The highest BCUT2D eigenvalue weighted by molar-refractivity contribution is 7.84. The smallest absolute Gasteiger partial charge is 0.144 e. The summed E-state index contributed by atoms with van der Waals surface area (Å²) in [7, 11) is -2.04. The van der Waals surface area contributed by atoms with E-state index in [9.17, 15) is 17.4 Å². The Morgan fingerprint density at radius 2 is 1.70 bits per heavy atom. The second kappa shape index (κ2) is 5.85. The fraction of sp³-hybridized carbons (Fsp3) is 0.0769. The van der Waals surface area contributed by atoms with Crippen molar-refractivity contribution in [3.8, 4) is 0 Å². The summed E-state index contributed by atoms with van der Waals surface area (Å²) >= 11 is 5.71. The Bertz CT molecular complexity index is 670. The number of halogens is 4. The molecule has 0 bridgehead atoms. The Morgan fingerprint density at radius 1 is 1.10 bits per heavy atom. The zero-order chi connectivity index (χ0) is 14.9. The van der Waals surface area contributed by atoms with Gasteiger partial charge in [-0.2, -0.15) is 0 Å². The van der Waals surface area contributed by atoms with Crippen LogP contribution in [-0.4, -0.2) is 4.21 Å². The molecule has 0 aromatic heterocycles. The first-order valence-electron chi connectivity index (χ1n) is 5.46. The van der Waals surface area contributed by atoms with Crippen molar-refractivity contribution in [2.24, 2.45) is 0 Å². The molecular formula is C13H9ClF3NOS. The second-order valence-electron chi connectivity index (χ2n) is 4.02. The summed E-state index contributed by atoms with van der Waals surface area (Å²) in [6.07, 6.45) is 0. The third-order valence-electron chi connectivity index (χ3n) is 2.57. The maximum atomic E-state index is 13.6. The summed E-state index contributed by atoms with van der Waals surface area (Å²) < 4.78 is 52.5. The maximum Gasteiger partial charge on any atom is 0.144 e. The molecule has 106 valence electrons. The summed E-state index contributed by atoms with van der Waals surface area (Å²) in [4.78, 5) is -0.598. The van der Waals surface area contributed by atoms with E-state index in [-0.39, 0.29) is 22.0 Å². The van der Waals surface area contributed by atoms with Gasteiger partial charge >= 0.3 is 0 Å². The van der Waals surface area contributed by atoms with Crippen molar-refractivity contribution in [2.75, 3.05) is 5.73 Å². The summed E-state index contributed by atoms with van der Waals surface area (Å²) in [6, 6.07) is 5.71. The van der Waals surface area contributed by atoms with Crippen molar-refractivity contribution in [3.63, 3.8) is 0 Å². The van der Waals surface area contributed by atoms with Crippen molar-refractivity contribution in [1.82, 2.24) is 0 Å². The molecule has 0 amide bonds. The number of rotatable bonds is 3. The van der Waals surface area contributed by atoms with Crippen LogP contribution in [0.2, 0.25) is 5.02 Å². The highest BCUT2D eigenvalue weighted by Gasteiger charge is 2.19. The van der Waals surface area contributed by atoms with Gasteiger partial charge in [0.05, 0.1) is 21.6 Å². The Kier molecular flexibility index (Phi) is 4.35. The molecule has 0 radical (unpaired) electrons. The molecule has 0 saturated heterocycles. The third-order valence-corrected chi connectivity index (χ3v) is 4.41. The first-order chi connectivity index (χ1) is 9.40. The zero-order valence-corrected chi connectivity index (χ0v) is 11.6. The number of hydrogen-bond acceptors (Lipinski definition) is 2. The van der Waals surface area contributed by atoms with Crippen LogP contribution in [0.25, 0.3) is 0 Å². The molecule has 0 aliphatic carbocycles. The van der Waals surface area contributed by atoms with Gasteiger partial charge in [-0.15, -0.1) is 0 Å². The highest BCUT2D eigenvalue weighted by atomic mass is 35.5. The van der Waals surface area contributed by atoms with Crippen molar-refractivity contribution in [3.05, 3.63) is 58.4 Å². The summed E-state index contributed by atoms with van der Waals surface area (Å²) in [5.41, 5.74) is 5.38. The van der Waals surface area contributed by atoms with Gasteiger partial charge in [-0.1, -0.05) is 23.7 Å². The molecule has 0 heterocycles. The summed E-state index contributed by atoms with van der Waals surface area (Å²) in [6.45, 7) is 0. The van der Waals surface area contributed by atoms with E-state index < -0.39 is 33.1 Å². The number of benzene rings is 2. The fourth-order valence-corrected chi connectivity index (χ4v) is 3.16. The van der Waals surface area contributed by atoms with Gasteiger partial charge in [-0.3, -0.25) is 4.21 Å². The van der Waals surface area contributed by atoms with Crippen LogP contribution in [-0.2, 0) is 16.6 Å². The number of nitrogens with two attached hydrogens (primary N) is 1. The number of nitrogen functional groups attached to an aromatic ring is 1. The molecule has 2 nitrogen and oxygen atoms in total. The third kappa shape index (κ3) is 2.96.